The van der Waals surface area contributed by atoms with Crippen molar-refractivity contribution in [3.8, 4) is 0 Å². The van der Waals surface area contributed by atoms with Gasteiger partial charge in [-0.3, -0.25) is 4.79 Å². The molecular weight excluding hydrogens is 252 g/mol. The minimum atomic E-state index is -0.532. The maximum absolute atomic E-state index is 12.4. The van der Waals surface area contributed by atoms with Crippen LogP contribution in [0.2, 0.25) is 0 Å². The molecule has 20 heavy (non-hydrogen) atoms. The SMILES string of the molecule is CCOC(C(=O)Cc1ccnc(N)c1)c1ccccc1. The molecule has 1 unspecified atom stereocenters. The number of aromatic nitrogens is 1. The van der Waals surface area contributed by atoms with Gasteiger partial charge in [0.2, 0.25) is 0 Å². The number of nitrogens with two attached hydrogens (primary N) is 1. The van der Waals surface area contributed by atoms with Crippen molar-refractivity contribution in [1.82, 2.24) is 4.98 Å². The van der Waals surface area contributed by atoms with Crippen LogP contribution in [0.3, 0.4) is 0 Å². The van der Waals surface area contributed by atoms with Gasteiger partial charge in [0.25, 0.3) is 0 Å². The van der Waals surface area contributed by atoms with Gasteiger partial charge >= 0.3 is 0 Å². The van der Waals surface area contributed by atoms with Gasteiger partial charge < -0.3 is 10.5 Å². The van der Waals surface area contributed by atoms with Crippen LogP contribution in [0.4, 0.5) is 5.82 Å². The number of ether oxygens (including phenoxy) is 1. The number of ketones is 1. The Kier molecular flexibility index (Phi) is 4.85. The Morgan fingerprint density at radius 2 is 2.05 bits per heavy atom. The Bertz CT molecular complexity index is 570. The second-order valence-corrected chi connectivity index (χ2v) is 4.48. The zero-order valence-electron chi connectivity index (χ0n) is 11.5. The van der Waals surface area contributed by atoms with Crippen molar-refractivity contribution in [2.45, 2.75) is 19.4 Å². The van der Waals surface area contributed by atoms with Crippen molar-refractivity contribution in [2.24, 2.45) is 0 Å². The van der Waals surface area contributed by atoms with Gasteiger partial charge in [0.05, 0.1) is 0 Å². The summed E-state index contributed by atoms with van der Waals surface area (Å²) in [5.41, 5.74) is 7.35. The number of hydrogen-bond acceptors (Lipinski definition) is 4. The average Bonchev–Trinajstić information content (AvgIpc) is 2.45. The molecule has 0 fully saturated rings. The molecule has 4 nitrogen and oxygen atoms in total. The summed E-state index contributed by atoms with van der Waals surface area (Å²) in [5, 5.41) is 0. The van der Waals surface area contributed by atoms with Crippen LogP contribution in [-0.4, -0.2) is 17.4 Å². The van der Waals surface area contributed by atoms with Crippen molar-refractivity contribution in [1.29, 1.82) is 0 Å². The molecule has 0 saturated carbocycles. The Hall–Kier alpha value is -2.20. The fourth-order valence-electron chi connectivity index (χ4n) is 2.07. The van der Waals surface area contributed by atoms with E-state index in [1.165, 1.54) is 0 Å². The van der Waals surface area contributed by atoms with Crippen molar-refractivity contribution < 1.29 is 9.53 Å². The van der Waals surface area contributed by atoms with Gasteiger partial charge in [0.15, 0.2) is 5.78 Å². The number of nitrogen functional groups attached to an aromatic ring is 1. The molecule has 2 aromatic rings. The zero-order chi connectivity index (χ0) is 14.4. The maximum atomic E-state index is 12.4. The van der Waals surface area contributed by atoms with Gasteiger partial charge in [-0.05, 0) is 30.2 Å². The number of rotatable bonds is 6. The van der Waals surface area contributed by atoms with E-state index in [1.807, 2.05) is 37.3 Å². The van der Waals surface area contributed by atoms with Crippen LogP contribution in [0.5, 0.6) is 0 Å². The van der Waals surface area contributed by atoms with E-state index in [9.17, 15) is 4.79 Å². The average molecular weight is 270 g/mol. The van der Waals surface area contributed by atoms with E-state index < -0.39 is 6.10 Å². The number of anilines is 1. The van der Waals surface area contributed by atoms with Gasteiger partial charge in [-0.25, -0.2) is 4.98 Å². The molecule has 0 amide bonds. The van der Waals surface area contributed by atoms with Gasteiger partial charge in [-0.2, -0.15) is 0 Å². The number of carbonyl (C=O) groups is 1. The topological polar surface area (TPSA) is 65.2 Å². The van der Waals surface area contributed by atoms with Crippen molar-refractivity contribution in [2.75, 3.05) is 12.3 Å². The molecule has 0 aliphatic rings. The molecule has 0 spiro atoms. The zero-order valence-corrected chi connectivity index (χ0v) is 11.5. The van der Waals surface area contributed by atoms with E-state index in [4.69, 9.17) is 10.5 Å². The molecule has 0 radical (unpaired) electrons. The highest BCUT2D eigenvalue weighted by molar-refractivity contribution is 5.86. The van der Waals surface area contributed by atoms with E-state index in [2.05, 4.69) is 4.98 Å². The highest BCUT2D eigenvalue weighted by Gasteiger charge is 2.20. The highest BCUT2D eigenvalue weighted by atomic mass is 16.5. The third-order valence-electron chi connectivity index (χ3n) is 2.95. The third-order valence-corrected chi connectivity index (χ3v) is 2.95. The summed E-state index contributed by atoms with van der Waals surface area (Å²) in [6.07, 6.45) is 1.36. The van der Waals surface area contributed by atoms with E-state index in [0.717, 1.165) is 11.1 Å². The van der Waals surface area contributed by atoms with Crippen LogP contribution in [0.15, 0.2) is 48.7 Å². The minimum Gasteiger partial charge on any atom is -0.384 e. The Morgan fingerprint density at radius 1 is 1.30 bits per heavy atom. The van der Waals surface area contributed by atoms with Crippen LogP contribution >= 0.6 is 0 Å². The van der Waals surface area contributed by atoms with Gasteiger partial charge in [0, 0.05) is 19.2 Å². The van der Waals surface area contributed by atoms with Crippen LogP contribution in [0, 0.1) is 0 Å². The van der Waals surface area contributed by atoms with Crippen molar-refractivity contribution in [3.63, 3.8) is 0 Å². The first-order chi connectivity index (χ1) is 9.70. The second kappa shape index (κ2) is 6.82. The Morgan fingerprint density at radius 3 is 2.70 bits per heavy atom. The normalized spacial score (nSPS) is 12.1. The molecule has 0 aliphatic heterocycles. The lowest BCUT2D eigenvalue weighted by atomic mass is 10.0. The number of carbonyl (C=O) groups excluding carboxylic acids is 1. The predicted octanol–water partition coefficient (Wildman–Crippen LogP) is 2.55. The molecule has 1 heterocycles. The van der Waals surface area contributed by atoms with Crippen molar-refractivity contribution >= 4 is 11.6 Å². The quantitative estimate of drug-likeness (QED) is 0.876. The molecule has 1 aromatic heterocycles. The van der Waals surface area contributed by atoms with Gasteiger partial charge in [-0.1, -0.05) is 30.3 Å². The van der Waals surface area contributed by atoms with E-state index in [-0.39, 0.29) is 12.2 Å². The molecule has 2 N–H and O–H groups in total. The Balaban J connectivity index is 2.15. The molecule has 0 saturated heterocycles. The predicted molar refractivity (Wildman–Crippen MR) is 78.2 cm³/mol. The van der Waals surface area contributed by atoms with E-state index in [1.54, 1.807) is 18.3 Å². The first-order valence-corrected chi connectivity index (χ1v) is 6.60. The fourth-order valence-corrected chi connectivity index (χ4v) is 2.07. The maximum Gasteiger partial charge on any atom is 0.170 e. The number of pyridine rings is 1. The fraction of sp³-hybridized carbons (Fsp3) is 0.250. The molecule has 1 aromatic carbocycles. The summed E-state index contributed by atoms with van der Waals surface area (Å²) < 4.78 is 5.60. The first kappa shape index (κ1) is 14.2. The Labute approximate surface area is 118 Å². The highest BCUT2D eigenvalue weighted by Crippen LogP contribution is 2.20. The standard InChI is InChI=1S/C16H18N2O2/c1-2-20-16(13-6-4-3-5-7-13)14(19)10-12-8-9-18-15(17)11-12/h3-9,11,16H,2,10H2,1H3,(H2,17,18). The molecule has 1 atom stereocenters. The smallest absolute Gasteiger partial charge is 0.170 e. The minimum absolute atomic E-state index is 0.0173. The molecule has 4 heteroatoms. The van der Waals surface area contributed by atoms with Crippen LogP contribution in [0.1, 0.15) is 24.2 Å². The second-order valence-electron chi connectivity index (χ2n) is 4.48. The summed E-state index contributed by atoms with van der Waals surface area (Å²) in [6, 6.07) is 13.0. The van der Waals surface area contributed by atoms with E-state index in [0.29, 0.717) is 12.4 Å². The van der Waals surface area contributed by atoms with Crippen LogP contribution in [-0.2, 0) is 16.0 Å². The van der Waals surface area contributed by atoms with Crippen molar-refractivity contribution in [3.05, 3.63) is 59.8 Å². The van der Waals surface area contributed by atoms with Gasteiger partial charge in [0.1, 0.15) is 11.9 Å². The summed E-state index contributed by atoms with van der Waals surface area (Å²) in [5.74, 6) is 0.437. The molecule has 0 bridgehead atoms. The van der Waals surface area contributed by atoms with Crippen LogP contribution < -0.4 is 5.73 Å². The number of hydrogen-bond donors (Lipinski definition) is 1. The monoisotopic (exact) mass is 270 g/mol. The van der Waals surface area contributed by atoms with E-state index >= 15 is 0 Å². The number of Topliss-reactive ketones (excluding diaryl/α,β-unsaturated/α-hetero) is 1. The summed E-state index contributed by atoms with van der Waals surface area (Å²) in [6.45, 7) is 2.37. The summed E-state index contributed by atoms with van der Waals surface area (Å²) in [7, 11) is 0. The lowest BCUT2D eigenvalue weighted by molar-refractivity contribution is -0.130. The molecule has 2 rings (SSSR count). The lowest BCUT2D eigenvalue weighted by Gasteiger charge is -2.16. The number of nitrogens with zero attached hydrogens (tertiary/aromatic N) is 1. The summed E-state index contributed by atoms with van der Waals surface area (Å²) >= 11 is 0. The molecule has 0 aliphatic carbocycles. The number of benzene rings is 1. The largest absolute Gasteiger partial charge is 0.384 e. The molecule has 104 valence electrons. The lowest BCUT2D eigenvalue weighted by Crippen LogP contribution is -2.18. The van der Waals surface area contributed by atoms with Crippen LogP contribution in [0.25, 0.3) is 0 Å². The third kappa shape index (κ3) is 3.65. The first-order valence-electron chi connectivity index (χ1n) is 6.60. The summed E-state index contributed by atoms with van der Waals surface area (Å²) in [4.78, 5) is 16.3. The van der Waals surface area contributed by atoms with Gasteiger partial charge in [-0.15, -0.1) is 0 Å². The molecular formula is C16H18N2O2.